The van der Waals surface area contributed by atoms with Gasteiger partial charge < -0.3 is 31.9 Å². The second-order valence-electron chi connectivity index (χ2n) is 9.03. The van der Waals surface area contributed by atoms with Crippen molar-refractivity contribution in [1.29, 1.82) is 0 Å². The minimum atomic E-state index is -1.58. The molecule has 0 radical (unpaired) electrons. The molecule has 0 saturated heterocycles. The van der Waals surface area contributed by atoms with E-state index < -0.39 is 23.4 Å². The highest BCUT2D eigenvalue weighted by molar-refractivity contribution is 5.98. The van der Waals surface area contributed by atoms with E-state index in [1.807, 2.05) is 12.1 Å². The number of amides is 1. The molecule has 2 atom stereocenters. The van der Waals surface area contributed by atoms with Gasteiger partial charge in [0.25, 0.3) is 5.91 Å². The Balaban J connectivity index is 1.66. The van der Waals surface area contributed by atoms with E-state index in [0.717, 1.165) is 36.9 Å². The smallest absolute Gasteiger partial charge is 0.329 e. The minimum Gasteiger partial charge on any atom is -0.481 e. The van der Waals surface area contributed by atoms with Gasteiger partial charge in [0.05, 0.1) is 0 Å². The van der Waals surface area contributed by atoms with E-state index in [-0.39, 0.29) is 37.7 Å². The number of carbonyl (C=O) groups is 3. The molecule has 1 aliphatic heterocycles. The molecule has 0 spiro atoms. The molecule has 0 fully saturated rings. The van der Waals surface area contributed by atoms with Crippen LogP contribution in [0.25, 0.3) is 0 Å². The third-order valence-corrected chi connectivity index (χ3v) is 6.95. The number of nitrogen functional groups attached to an aromatic ring is 2. The van der Waals surface area contributed by atoms with Gasteiger partial charge in [0.15, 0.2) is 0 Å². The summed E-state index contributed by atoms with van der Waals surface area (Å²) in [7, 11) is 0. The van der Waals surface area contributed by atoms with Crippen LogP contribution in [-0.4, -0.2) is 61.6 Å². The van der Waals surface area contributed by atoms with Crippen LogP contribution in [0.15, 0.2) is 24.3 Å². The van der Waals surface area contributed by atoms with Gasteiger partial charge in [-0.2, -0.15) is 9.97 Å². The van der Waals surface area contributed by atoms with Crippen LogP contribution in [0.3, 0.4) is 0 Å². The number of hydrogen-bond acceptors (Lipinski definition) is 8. The number of nitrogens with one attached hydrogen (secondary N) is 1. The molecule has 1 amide bonds. The highest BCUT2D eigenvalue weighted by atomic mass is 16.4. The highest BCUT2D eigenvalue weighted by Gasteiger charge is 2.44. The van der Waals surface area contributed by atoms with Gasteiger partial charge >= 0.3 is 11.9 Å². The van der Waals surface area contributed by atoms with Crippen molar-refractivity contribution in [2.45, 2.75) is 63.8 Å². The number of aromatic nitrogens is 2. The lowest BCUT2D eigenvalue weighted by atomic mass is 9.87. The Bertz CT molecular complexity index is 1120. The zero-order valence-electron chi connectivity index (χ0n) is 20.7. The predicted molar refractivity (Wildman–Crippen MR) is 136 cm³/mol. The summed E-state index contributed by atoms with van der Waals surface area (Å²) in [5.41, 5.74) is 12.5. The first kappa shape index (κ1) is 26.7. The van der Waals surface area contributed by atoms with Crippen LogP contribution in [0.4, 0.5) is 17.6 Å². The Morgan fingerprint density at radius 3 is 2.42 bits per heavy atom. The normalized spacial score (nSPS) is 16.0. The number of aryl methyl sites for hydroxylation is 1. The SMILES string of the molecule is CCN(C(=O)c1ccc(CCCC2CNc3nc(N)nc(N)c32)cc1)[C@@](CC)(CCC(=O)O)C(=O)O. The molecule has 7 N–H and O–H groups in total. The Kier molecular flexibility index (Phi) is 8.33. The first-order valence-corrected chi connectivity index (χ1v) is 12.2. The first-order valence-electron chi connectivity index (χ1n) is 12.2. The first-order chi connectivity index (χ1) is 17.1. The Morgan fingerprint density at radius 1 is 1.14 bits per heavy atom. The van der Waals surface area contributed by atoms with Crippen LogP contribution in [0.2, 0.25) is 0 Å². The molecule has 0 aliphatic carbocycles. The van der Waals surface area contributed by atoms with Gasteiger partial charge in [0.1, 0.15) is 17.2 Å². The molecule has 1 unspecified atom stereocenters. The van der Waals surface area contributed by atoms with Gasteiger partial charge in [0.2, 0.25) is 5.95 Å². The largest absolute Gasteiger partial charge is 0.481 e. The lowest BCUT2D eigenvalue weighted by Crippen LogP contribution is -2.57. The summed E-state index contributed by atoms with van der Waals surface area (Å²) in [6.07, 6.45) is 2.16. The van der Waals surface area contributed by atoms with Crippen LogP contribution >= 0.6 is 0 Å². The standard InChI is InChI=1S/C25H34N6O5/c1-3-25(23(35)36,13-12-18(32)33)31(4-2)22(34)16-10-8-15(9-11-16)6-5-7-17-14-28-21-19(17)20(26)29-24(27)30-21/h8-11,17H,3-7,12-14H2,1-2H3,(H,32,33)(H,35,36)(H5,26,27,28,29,30)/t17?,25-/m0/s1. The number of aliphatic carboxylic acids is 2. The third-order valence-electron chi connectivity index (χ3n) is 6.95. The lowest BCUT2D eigenvalue weighted by molar-refractivity contribution is -0.151. The maximum atomic E-state index is 13.3. The van der Waals surface area contributed by atoms with Gasteiger partial charge in [-0.15, -0.1) is 0 Å². The van der Waals surface area contributed by atoms with Gasteiger partial charge in [-0.05, 0) is 56.7 Å². The molecule has 1 aliphatic rings. The predicted octanol–water partition coefficient (Wildman–Crippen LogP) is 2.73. The van der Waals surface area contributed by atoms with Crippen molar-refractivity contribution in [3.8, 4) is 0 Å². The molecule has 3 rings (SSSR count). The fourth-order valence-corrected chi connectivity index (χ4v) is 4.96. The third kappa shape index (κ3) is 5.50. The number of carboxylic acid groups (broad SMARTS) is 2. The summed E-state index contributed by atoms with van der Waals surface area (Å²) in [6.45, 7) is 4.23. The number of rotatable bonds is 12. The molecular weight excluding hydrogens is 464 g/mol. The molecule has 1 aromatic heterocycles. The van der Waals surface area contributed by atoms with E-state index in [1.165, 1.54) is 4.90 Å². The summed E-state index contributed by atoms with van der Waals surface area (Å²) in [6, 6.07) is 7.12. The molecule has 11 heteroatoms. The number of anilines is 3. The fourth-order valence-electron chi connectivity index (χ4n) is 4.96. The quantitative estimate of drug-likeness (QED) is 0.291. The van der Waals surface area contributed by atoms with E-state index in [2.05, 4.69) is 15.3 Å². The number of fused-ring (bicyclic) bond motifs is 1. The van der Waals surface area contributed by atoms with Crippen molar-refractivity contribution >= 4 is 35.4 Å². The molecule has 2 heterocycles. The van der Waals surface area contributed by atoms with Crippen molar-refractivity contribution in [3.05, 3.63) is 41.0 Å². The van der Waals surface area contributed by atoms with Gasteiger partial charge in [-0.25, -0.2) is 4.79 Å². The van der Waals surface area contributed by atoms with E-state index >= 15 is 0 Å². The van der Waals surface area contributed by atoms with Crippen LogP contribution in [0.1, 0.15) is 73.4 Å². The molecule has 0 bridgehead atoms. The van der Waals surface area contributed by atoms with Crippen molar-refractivity contribution in [2.24, 2.45) is 0 Å². The molecule has 1 aromatic carbocycles. The Labute approximate surface area is 209 Å². The van der Waals surface area contributed by atoms with Crippen molar-refractivity contribution < 1.29 is 24.6 Å². The minimum absolute atomic E-state index is 0.106. The molecular formula is C25H34N6O5. The highest BCUT2D eigenvalue weighted by Crippen LogP contribution is 2.37. The van der Waals surface area contributed by atoms with Gasteiger partial charge in [0, 0.05) is 36.6 Å². The van der Waals surface area contributed by atoms with Crippen molar-refractivity contribution in [2.75, 3.05) is 29.9 Å². The Hall–Kier alpha value is -3.89. The second-order valence-corrected chi connectivity index (χ2v) is 9.03. The van der Waals surface area contributed by atoms with Crippen LogP contribution in [0, 0.1) is 0 Å². The summed E-state index contributed by atoms with van der Waals surface area (Å²) in [5.74, 6) is -1.28. The van der Waals surface area contributed by atoms with E-state index in [9.17, 15) is 19.5 Å². The van der Waals surface area contributed by atoms with E-state index in [0.29, 0.717) is 17.2 Å². The average molecular weight is 499 g/mol. The summed E-state index contributed by atoms with van der Waals surface area (Å²) in [4.78, 5) is 46.1. The number of benzene rings is 1. The monoisotopic (exact) mass is 498 g/mol. The zero-order chi connectivity index (χ0) is 26.5. The van der Waals surface area contributed by atoms with Crippen LogP contribution in [0.5, 0.6) is 0 Å². The molecule has 194 valence electrons. The van der Waals surface area contributed by atoms with E-state index in [4.69, 9.17) is 16.6 Å². The van der Waals surface area contributed by atoms with Crippen molar-refractivity contribution in [1.82, 2.24) is 14.9 Å². The second kappa shape index (κ2) is 11.2. The zero-order valence-corrected chi connectivity index (χ0v) is 20.7. The van der Waals surface area contributed by atoms with Gasteiger partial charge in [-0.3, -0.25) is 9.59 Å². The number of hydrogen-bond donors (Lipinski definition) is 5. The number of carbonyl (C=O) groups excluding carboxylic acids is 1. The number of nitrogens with two attached hydrogens (primary N) is 2. The lowest BCUT2D eigenvalue weighted by Gasteiger charge is -2.39. The number of likely N-dealkylation sites (N-methyl/N-ethyl adjacent to an activating group) is 1. The maximum Gasteiger partial charge on any atom is 0.329 e. The summed E-state index contributed by atoms with van der Waals surface area (Å²) in [5, 5.41) is 22.3. The Morgan fingerprint density at radius 2 is 1.83 bits per heavy atom. The molecule has 2 aromatic rings. The fraction of sp³-hybridized carbons (Fsp3) is 0.480. The maximum absolute atomic E-state index is 13.3. The summed E-state index contributed by atoms with van der Waals surface area (Å²) < 4.78 is 0. The van der Waals surface area contributed by atoms with Gasteiger partial charge in [-0.1, -0.05) is 19.1 Å². The average Bonchev–Trinajstić information content (AvgIpc) is 3.24. The topological polar surface area (TPSA) is 185 Å². The van der Waals surface area contributed by atoms with E-state index in [1.54, 1.807) is 26.0 Å². The van der Waals surface area contributed by atoms with Crippen LogP contribution in [-0.2, 0) is 16.0 Å². The molecule has 0 saturated carbocycles. The van der Waals surface area contributed by atoms with Crippen molar-refractivity contribution in [3.63, 3.8) is 0 Å². The van der Waals surface area contributed by atoms with Crippen LogP contribution < -0.4 is 16.8 Å². The molecule has 11 nitrogen and oxygen atoms in total. The number of carboxylic acids is 2. The number of nitrogens with zero attached hydrogens (tertiary/aromatic N) is 3. The summed E-state index contributed by atoms with van der Waals surface area (Å²) >= 11 is 0. The molecule has 36 heavy (non-hydrogen) atoms.